The van der Waals surface area contributed by atoms with Crippen LogP contribution >= 0.6 is 15.9 Å². The molecular formula is C14H13BrN2O3. The molecule has 0 saturated carbocycles. The summed E-state index contributed by atoms with van der Waals surface area (Å²) in [5, 5.41) is 11.4. The molecule has 0 aliphatic heterocycles. The number of amides is 1. The van der Waals surface area contributed by atoms with E-state index in [1.807, 2.05) is 6.07 Å². The quantitative estimate of drug-likeness (QED) is 0.784. The lowest BCUT2D eigenvalue weighted by Gasteiger charge is -2.06. The third-order valence-corrected chi connectivity index (χ3v) is 3.16. The number of hydrogen-bond donors (Lipinski definition) is 3. The number of carboxylic acid groups (broad SMARTS) is 1. The van der Waals surface area contributed by atoms with Crippen molar-refractivity contribution in [2.24, 2.45) is 0 Å². The van der Waals surface area contributed by atoms with Crippen molar-refractivity contribution in [2.45, 2.75) is 12.8 Å². The summed E-state index contributed by atoms with van der Waals surface area (Å²) in [4.78, 5) is 25.3. The smallest absolute Gasteiger partial charge is 0.303 e. The van der Waals surface area contributed by atoms with E-state index in [4.69, 9.17) is 5.11 Å². The maximum Gasteiger partial charge on any atom is 0.303 e. The number of benzene rings is 1. The maximum absolute atomic E-state index is 11.9. The van der Waals surface area contributed by atoms with Crippen LogP contribution < -0.4 is 5.32 Å². The first-order valence-electron chi connectivity index (χ1n) is 6.00. The van der Waals surface area contributed by atoms with Crippen LogP contribution in [-0.4, -0.2) is 22.0 Å². The van der Waals surface area contributed by atoms with Crippen molar-refractivity contribution in [3.05, 3.63) is 52.3 Å². The van der Waals surface area contributed by atoms with Crippen LogP contribution in [0.4, 0.5) is 5.69 Å². The van der Waals surface area contributed by atoms with Gasteiger partial charge in [0.25, 0.3) is 5.91 Å². The van der Waals surface area contributed by atoms with Gasteiger partial charge in [-0.3, -0.25) is 9.59 Å². The van der Waals surface area contributed by atoms with Crippen LogP contribution in [0.1, 0.15) is 22.5 Å². The number of carboxylic acids is 1. The Hall–Kier alpha value is -2.08. The van der Waals surface area contributed by atoms with Gasteiger partial charge in [0.1, 0.15) is 5.69 Å². The highest BCUT2D eigenvalue weighted by Gasteiger charge is 2.08. The number of carbonyl (C=O) groups excluding carboxylic acids is 1. The second-order valence-electron chi connectivity index (χ2n) is 4.28. The predicted molar refractivity (Wildman–Crippen MR) is 78.8 cm³/mol. The Bertz CT molecular complexity index is 637. The molecule has 0 unspecified atom stereocenters. The lowest BCUT2D eigenvalue weighted by atomic mass is 10.1. The zero-order chi connectivity index (χ0) is 14.5. The molecule has 1 aromatic carbocycles. The van der Waals surface area contributed by atoms with Crippen molar-refractivity contribution < 1.29 is 14.7 Å². The number of aromatic nitrogens is 1. The van der Waals surface area contributed by atoms with Crippen LogP contribution in [0.5, 0.6) is 0 Å². The molecule has 2 aromatic rings. The molecule has 0 atom stereocenters. The Labute approximate surface area is 124 Å². The second-order valence-corrected chi connectivity index (χ2v) is 5.20. The number of aliphatic carboxylic acids is 1. The molecule has 2 rings (SSSR count). The molecule has 0 fully saturated rings. The summed E-state index contributed by atoms with van der Waals surface area (Å²) in [6, 6.07) is 8.85. The standard InChI is InChI=1S/C14H13BrN2O3/c15-10-7-12(16-8-10)14(20)17-11-3-1-2-9(6-11)4-5-13(18)19/h1-3,6-8,16H,4-5H2,(H,17,20)(H,18,19). The van der Waals surface area contributed by atoms with Gasteiger partial charge in [-0.15, -0.1) is 0 Å². The van der Waals surface area contributed by atoms with Gasteiger partial charge in [-0.05, 0) is 46.1 Å². The first kappa shape index (κ1) is 14.3. The van der Waals surface area contributed by atoms with E-state index in [9.17, 15) is 9.59 Å². The molecule has 20 heavy (non-hydrogen) atoms. The van der Waals surface area contributed by atoms with E-state index >= 15 is 0 Å². The molecule has 0 bridgehead atoms. The van der Waals surface area contributed by atoms with Gasteiger partial charge in [-0.25, -0.2) is 0 Å². The van der Waals surface area contributed by atoms with Crippen molar-refractivity contribution >= 4 is 33.5 Å². The van der Waals surface area contributed by atoms with Crippen molar-refractivity contribution in [1.29, 1.82) is 0 Å². The summed E-state index contributed by atoms with van der Waals surface area (Å²) in [6.07, 6.45) is 2.19. The average Bonchev–Trinajstić information content (AvgIpc) is 2.84. The van der Waals surface area contributed by atoms with E-state index in [1.54, 1.807) is 30.5 Å². The van der Waals surface area contributed by atoms with Crippen molar-refractivity contribution in [3.63, 3.8) is 0 Å². The van der Waals surface area contributed by atoms with E-state index in [0.29, 0.717) is 17.8 Å². The lowest BCUT2D eigenvalue weighted by Crippen LogP contribution is -2.12. The molecule has 0 saturated heterocycles. The number of anilines is 1. The van der Waals surface area contributed by atoms with Crippen molar-refractivity contribution in [1.82, 2.24) is 4.98 Å². The van der Waals surface area contributed by atoms with Gasteiger partial charge in [-0.1, -0.05) is 12.1 Å². The monoisotopic (exact) mass is 336 g/mol. The fraction of sp³-hybridized carbons (Fsp3) is 0.143. The van der Waals surface area contributed by atoms with Crippen LogP contribution in [0.15, 0.2) is 41.0 Å². The number of nitrogens with one attached hydrogen (secondary N) is 2. The van der Waals surface area contributed by atoms with Crippen LogP contribution in [0.25, 0.3) is 0 Å². The van der Waals surface area contributed by atoms with Gasteiger partial charge in [0, 0.05) is 22.8 Å². The molecule has 1 amide bonds. The molecule has 3 N–H and O–H groups in total. The van der Waals surface area contributed by atoms with Gasteiger partial charge in [-0.2, -0.15) is 0 Å². The molecule has 6 heteroatoms. The molecule has 0 spiro atoms. The third kappa shape index (κ3) is 3.96. The van der Waals surface area contributed by atoms with E-state index in [0.717, 1.165) is 10.0 Å². The van der Waals surface area contributed by atoms with Crippen LogP contribution in [0.3, 0.4) is 0 Å². The van der Waals surface area contributed by atoms with E-state index in [-0.39, 0.29) is 12.3 Å². The second kappa shape index (κ2) is 6.38. The Balaban J connectivity index is 2.04. The summed E-state index contributed by atoms with van der Waals surface area (Å²) in [6.45, 7) is 0. The molecular weight excluding hydrogens is 324 g/mol. The zero-order valence-corrected chi connectivity index (χ0v) is 12.1. The van der Waals surface area contributed by atoms with Crippen LogP contribution in [0, 0.1) is 0 Å². The Morgan fingerprint density at radius 1 is 1.30 bits per heavy atom. The average molecular weight is 337 g/mol. The first-order valence-corrected chi connectivity index (χ1v) is 6.80. The molecule has 1 heterocycles. The minimum Gasteiger partial charge on any atom is -0.481 e. The molecule has 0 radical (unpaired) electrons. The SMILES string of the molecule is O=C(O)CCc1cccc(NC(=O)c2cc(Br)c[nH]2)c1. The van der Waals surface area contributed by atoms with E-state index in [1.165, 1.54) is 0 Å². The summed E-state index contributed by atoms with van der Waals surface area (Å²) in [7, 11) is 0. The molecule has 1 aromatic heterocycles. The number of rotatable bonds is 5. The number of hydrogen-bond acceptors (Lipinski definition) is 2. The highest BCUT2D eigenvalue weighted by molar-refractivity contribution is 9.10. The minimum absolute atomic E-state index is 0.0704. The molecule has 104 valence electrons. The van der Waals surface area contributed by atoms with Gasteiger partial charge in [0.15, 0.2) is 0 Å². The number of carbonyl (C=O) groups is 2. The molecule has 0 aliphatic rings. The van der Waals surface area contributed by atoms with Gasteiger partial charge in [0.2, 0.25) is 0 Å². The van der Waals surface area contributed by atoms with Gasteiger partial charge >= 0.3 is 5.97 Å². The summed E-state index contributed by atoms with van der Waals surface area (Å²) in [5.41, 5.74) is 1.97. The van der Waals surface area contributed by atoms with Crippen LogP contribution in [0.2, 0.25) is 0 Å². The summed E-state index contributed by atoms with van der Waals surface area (Å²) < 4.78 is 0.804. The number of aryl methyl sites for hydroxylation is 1. The lowest BCUT2D eigenvalue weighted by molar-refractivity contribution is -0.136. The number of aromatic amines is 1. The van der Waals surface area contributed by atoms with E-state index < -0.39 is 5.97 Å². The third-order valence-electron chi connectivity index (χ3n) is 2.70. The fourth-order valence-corrected chi connectivity index (χ4v) is 2.10. The highest BCUT2D eigenvalue weighted by atomic mass is 79.9. The molecule has 0 aliphatic carbocycles. The van der Waals surface area contributed by atoms with Gasteiger partial charge in [0.05, 0.1) is 0 Å². The number of H-pyrrole nitrogens is 1. The Morgan fingerprint density at radius 3 is 2.75 bits per heavy atom. The molecule has 5 nitrogen and oxygen atoms in total. The minimum atomic E-state index is -0.837. The number of halogens is 1. The topological polar surface area (TPSA) is 82.2 Å². The zero-order valence-electron chi connectivity index (χ0n) is 10.5. The van der Waals surface area contributed by atoms with Crippen molar-refractivity contribution in [3.8, 4) is 0 Å². The van der Waals surface area contributed by atoms with Crippen LogP contribution in [-0.2, 0) is 11.2 Å². The van der Waals surface area contributed by atoms with Gasteiger partial charge < -0.3 is 15.4 Å². The Kier molecular flexibility index (Phi) is 4.57. The predicted octanol–water partition coefficient (Wildman–Crippen LogP) is 3.05. The van der Waals surface area contributed by atoms with Crippen molar-refractivity contribution in [2.75, 3.05) is 5.32 Å². The largest absolute Gasteiger partial charge is 0.481 e. The first-order chi connectivity index (χ1) is 9.54. The summed E-state index contributed by atoms with van der Waals surface area (Å²) in [5.74, 6) is -1.08. The Morgan fingerprint density at radius 2 is 2.10 bits per heavy atom. The fourth-order valence-electron chi connectivity index (χ4n) is 1.75. The highest BCUT2D eigenvalue weighted by Crippen LogP contribution is 2.15. The normalized spacial score (nSPS) is 10.2. The maximum atomic E-state index is 11.9. The summed E-state index contributed by atoms with van der Waals surface area (Å²) >= 11 is 3.26. The van der Waals surface area contributed by atoms with E-state index in [2.05, 4.69) is 26.2 Å².